The van der Waals surface area contributed by atoms with Crippen molar-refractivity contribution in [3.8, 4) is 0 Å². The van der Waals surface area contributed by atoms with Crippen LogP contribution in [0.15, 0.2) is 0 Å². The maximum atomic E-state index is 10.4. The van der Waals surface area contributed by atoms with E-state index in [4.69, 9.17) is 10.3 Å². The Labute approximate surface area is 64.2 Å². The fraction of sp³-hybridized carbons (Fsp3) is 1.00. The maximum absolute atomic E-state index is 10.4. The van der Waals surface area contributed by atoms with Crippen LogP contribution in [0.2, 0.25) is 0 Å². The molecule has 0 aromatic carbocycles. The largest absolute Gasteiger partial charge is 0.412 e. The summed E-state index contributed by atoms with van der Waals surface area (Å²) in [6.45, 7) is -0.280. The molecule has 0 heterocycles. The molecule has 0 rings (SSSR count). The molecule has 9 heteroatoms. The monoisotopic (exact) mass is 205 g/mol. The van der Waals surface area contributed by atoms with Crippen molar-refractivity contribution in [3.63, 3.8) is 0 Å². The van der Waals surface area contributed by atoms with Gasteiger partial charge in [0.05, 0.1) is 5.75 Å². The zero-order valence-electron chi connectivity index (χ0n) is 5.30. The molecule has 0 unspecified atom stereocenters. The summed E-state index contributed by atoms with van der Waals surface area (Å²) in [6, 6.07) is 0. The lowest BCUT2D eigenvalue weighted by Gasteiger charge is -1.97. The summed E-state index contributed by atoms with van der Waals surface area (Å²) >= 11 is 0. The van der Waals surface area contributed by atoms with Crippen LogP contribution in [-0.2, 0) is 24.1 Å². The predicted molar refractivity (Wildman–Crippen MR) is 35.5 cm³/mol. The fourth-order valence-electron chi connectivity index (χ4n) is 0.309. The van der Waals surface area contributed by atoms with Crippen LogP contribution in [0.4, 0.5) is 0 Å². The normalized spacial score (nSPS) is 13.3. The SMILES string of the molecule is NCCS(=O)(=O)OS(=O)(=O)O. The average Bonchev–Trinajstić information content (AvgIpc) is 1.55. The van der Waals surface area contributed by atoms with Gasteiger partial charge in [0, 0.05) is 6.54 Å². The number of hydrogen-bond acceptors (Lipinski definition) is 6. The summed E-state index contributed by atoms with van der Waals surface area (Å²) in [5.41, 5.74) is 4.80. The standard InChI is InChI=1S/C2H7NO6S2/c3-1-2-10(4,5)9-11(6,7)8/h1-3H2,(H,6,7,8). The topological polar surface area (TPSA) is 124 Å². The Kier molecular flexibility index (Phi) is 3.38. The molecule has 68 valence electrons. The summed E-state index contributed by atoms with van der Waals surface area (Å²) in [5, 5.41) is 0. The highest BCUT2D eigenvalue weighted by Crippen LogP contribution is 1.96. The number of hydrogen-bond donors (Lipinski definition) is 2. The van der Waals surface area contributed by atoms with Gasteiger partial charge in [-0.05, 0) is 0 Å². The van der Waals surface area contributed by atoms with Gasteiger partial charge in [0.15, 0.2) is 0 Å². The van der Waals surface area contributed by atoms with Gasteiger partial charge in [-0.15, -0.1) is 3.63 Å². The minimum Gasteiger partial charge on any atom is -0.329 e. The Hall–Kier alpha value is -0.220. The molecule has 0 saturated heterocycles. The van der Waals surface area contributed by atoms with Crippen molar-refractivity contribution < 1.29 is 25.0 Å². The number of nitrogens with two attached hydrogens (primary N) is 1. The van der Waals surface area contributed by atoms with E-state index in [1.165, 1.54) is 0 Å². The molecule has 0 amide bonds. The Morgan fingerprint density at radius 3 is 2.00 bits per heavy atom. The highest BCUT2D eigenvalue weighted by atomic mass is 32.3. The van der Waals surface area contributed by atoms with Crippen molar-refractivity contribution in [3.05, 3.63) is 0 Å². The van der Waals surface area contributed by atoms with Gasteiger partial charge in [0.25, 0.3) is 10.1 Å². The van der Waals surface area contributed by atoms with Crippen molar-refractivity contribution in [1.82, 2.24) is 0 Å². The molecule has 11 heavy (non-hydrogen) atoms. The van der Waals surface area contributed by atoms with E-state index >= 15 is 0 Å². The van der Waals surface area contributed by atoms with Crippen LogP contribution in [0.25, 0.3) is 0 Å². The van der Waals surface area contributed by atoms with E-state index in [0.717, 1.165) is 0 Å². The first-order valence-electron chi connectivity index (χ1n) is 2.38. The van der Waals surface area contributed by atoms with E-state index in [1.807, 2.05) is 0 Å². The molecular formula is C2H7NO6S2. The predicted octanol–water partition coefficient (Wildman–Crippen LogP) is -1.91. The van der Waals surface area contributed by atoms with Gasteiger partial charge < -0.3 is 5.73 Å². The molecule has 3 N–H and O–H groups in total. The van der Waals surface area contributed by atoms with E-state index in [2.05, 4.69) is 3.63 Å². The van der Waals surface area contributed by atoms with Crippen molar-refractivity contribution in [2.45, 2.75) is 0 Å². The van der Waals surface area contributed by atoms with E-state index in [1.54, 1.807) is 0 Å². The first-order valence-corrected chi connectivity index (χ1v) is 5.32. The third kappa shape index (κ3) is 6.19. The van der Waals surface area contributed by atoms with E-state index in [0.29, 0.717) is 0 Å². The van der Waals surface area contributed by atoms with Gasteiger partial charge in [-0.3, -0.25) is 4.55 Å². The lowest BCUT2D eigenvalue weighted by molar-refractivity contribution is 0.384. The second kappa shape index (κ2) is 3.45. The molecule has 0 spiro atoms. The minimum atomic E-state index is -4.95. The Morgan fingerprint density at radius 2 is 1.73 bits per heavy atom. The van der Waals surface area contributed by atoms with Gasteiger partial charge in [0.1, 0.15) is 0 Å². The molecule has 0 aromatic rings. The molecule has 7 nitrogen and oxygen atoms in total. The molecule has 0 saturated carbocycles. The third-order valence-corrected chi connectivity index (χ3v) is 2.81. The Balaban J connectivity index is 4.40. The molecular weight excluding hydrogens is 198 g/mol. The highest BCUT2D eigenvalue weighted by Gasteiger charge is 2.18. The van der Waals surface area contributed by atoms with Crippen molar-refractivity contribution in [2.24, 2.45) is 5.73 Å². The zero-order valence-corrected chi connectivity index (χ0v) is 6.93. The first-order chi connectivity index (χ1) is 4.77. The Morgan fingerprint density at radius 1 is 1.27 bits per heavy atom. The van der Waals surface area contributed by atoms with Crippen LogP contribution in [0.5, 0.6) is 0 Å². The lowest BCUT2D eigenvalue weighted by Crippen LogP contribution is -2.20. The van der Waals surface area contributed by atoms with Crippen LogP contribution in [0, 0.1) is 0 Å². The average molecular weight is 205 g/mol. The zero-order chi connectivity index (χ0) is 9.12. The molecule has 0 radical (unpaired) electrons. The molecule has 0 aromatic heterocycles. The minimum absolute atomic E-state index is 0.280. The summed E-state index contributed by atoms with van der Waals surface area (Å²) in [4.78, 5) is 0. The summed E-state index contributed by atoms with van der Waals surface area (Å²) in [5.74, 6) is -0.660. The molecule has 0 fully saturated rings. The number of rotatable bonds is 4. The van der Waals surface area contributed by atoms with Gasteiger partial charge in [-0.1, -0.05) is 0 Å². The second-order valence-electron chi connectivity index (χ2n) is 1.55. The second-order valence-corrected chi connectivity index (χ2v) is 4.47. The van der Waals surface area contributed by atoms with E-state index < -0.39 is 26.3 Å². The molecule has 0 bridgehead atoms. The van der Waals surface area contributed by atoms with Gasteiger partial charge >= 0.3 is 10.4 Å². The van der Waals surface area contributed by atoms with Crippen molar-refractivity contribution >= 4 is 20.5 Å². The van der Waals surface area contributed by atoms with Crippen molar-refractivity contribution in [2.75, 3.05) is 12.3 Å². The van der Waals surface area contributed by atoms with Crippen LogP contribution < -0.4 is 5.73 Å². The van der Waals surface area contributed by atoms with Gasteiger partial charge in [0.2, 0.25) is 0 Å². The first kappa shape index (κ1) is 10.8. The molecule has 0 aliphatic carbocycles. The van der Waals surface area contributed by atoms with E-state index in [-0.39, 0.29) is 6.54 Å². The lowest BCUT2D eigenvalue weighted by atomic mass is 10.8. The quantitative estimate of drug-likeness (QED) is 0.513. The Bertz CT molecular complexity index is 299. The highest BCUT2D eigenvalue weighted by molar-refractivity contribution is 7.97. The maximum Gasteiger partial charge on any atom is 0.412 e. The van der Waals surface area contributed by atoms with Crippen LogP contribution in [0.3, 0.4) is 0 Å². The third-order valence-electron chi connectivity index (χ3n) is 0.558. The summed E-state index contributed by atoms with van der Waals surface area (Å²) in [7, 11) is -9.20. The van der Waals surface area contributed by atoms with Gasteiger partial charge in [-0.25, -0.2) is 0 Å². The molecule has 0 aliphatic rings. The van der Waals surface area contributed by atoms with Crippen molar-refractivity contribution in [1.29, 1.82) is 0 Å². The summed E-state index contributed by atoms with van der Waals surface area (Å²) in [6.07, 6.45) is 0. The van der Waals surface area contributed by atoms with Gasteiger partial charge in [-0.2, -0.15) is 16.8 Å². The summed E-state index contributed by atoms with van der Waals surface area (Å²) < 4.78 is 51.7. The smallest absolute Gasteiger partial charge is 0.329 e. The molecule has 0 aliphatic heterocycles. The van der Waals surface area contributed by atoms with Crippen LogP contribution in [0.1, 0.15) is 0 Å². The van der Waals surface area contributed by atoms with E-state index in [9.17, 15) is 16.8 Å². The fourth-order valence-corrected chi connectivity index (χ4v) is 1.92. The van der Waals surface area contributed by atoms with Crippen LogP contribution >= 0.6 is 0 Å². The van der Waals surface area contributed by atoms with Crippen LogP contribution in [-0.4, -0.2) is 33.7 Å². The molecule has 0 atom stereocenters.